The van der Waals surface area contributed by atoms with E-state index in [-0.39, 0.29) is 24.5 Å². The molecule has 3 aromatic rings. The summed E-state index contributed by atoms with van der Waals surface area (Å²) in [4.78, 5) is 7.92. The zero-order valence-corrected chi connectivity index (χ0v) is 15.5. The highest BCUT2D eigenvalue weighted by Gasteiger charge is 2.35. The van der Waals surface area contributed by atoms with E-state index in [9.17, 15) is 0 Å². The summed E-state index contributed by atoms with van der Waals surface area (Å²) in [5.74, 6) is 1.66. The van der Waals surface area contributed by atoms with Crippen LogP contribution in [-0.2, 0) is 0 Å². The Balaban J connectivity index is 0.00000182. The van der Waals surface area contributed by atoms with Gasteiger partial charge in [0.25, 0.3) is 0 Å². The predicted octanol–water partition coefficient (Wildman–Crippen LogP) is 3.71. The maximum Gasteiger partial charge on any atom is 0.244 e. The molecule has 132 valence electrons. The van der Waals surface area contributed by atoms with Crippen molar-refractivity contribution in [1.29, 1.82) is 0 Å². The van der Waals surface area contributed by atoms with Gasteiger partial charge in [0.15, 0.2) is 0 Å². The van der Waals surface area contributed by atoms with Gasteiger partial charge in [0, 0.05) is 25.0 Å². The molecule has 2 N–H and O–H groups in total. The third-order valence-corrected chi connectivity index (χ3v) is 5.58. The van der Waals surface area contributed by atoms with E-state index < -0.39 is 0 Å². The molecule has 3 atom stereocenters. The van der Waals surface area contributed by atoms with Crippen molar-refractivity contribution in [3.63, 3.8) is 0 Å². The molecule has 0 radical (unpaired) electrons. The third kappa shape index (κ3) is 3.62. The Morgan fingerprint density at radius 3 is 2.72 bits per heavy atom. The van der Waals surface area contributed by atoms with Crippen molar-refractivity contribution >= 4 is 23.7 Å². The smallest absolute Gasteiger partial charge is 0.244 e. The summed E-state index contributed by atoms with van der Waals surface area (Å²) in [7, 11) is 0. The second kappa shape index (κ2) is 7.66. The molecule has 2 aromatic heterocycles. The molecular weight excluding hydrogens is 356 g/mol. The fraction of sp³-hybridized carbons (Fsp3) is 0.333. The molecule has 25 heavy (non-hydrogen) atoms. The molecule has 1 unspecified atom stereocenters. The van der Waals surface area contributed by atoms with Gasteiger partial charge in [-0.3, -0.25) is 4.90 Å². The van der Waals surface area contributed by atoms with Gasteiger partial charge in [-0.1, -0.05) is 41.6 Å². The minimum Gasteiger partial charge on any atom is -0.337 e. The number of likely N-dealkylation sites (tertiary alicyclic amines) is 1. The first-order chi connectivity index (χ1) is 11.7. The fourth-order valence-corrected chi connectivity index (χ4v) is 3.95. The highest BCUT2D eigenvalue weighted by Crippen LogP contribution is 2.32. The molecule has 1 aliphatic heterocycles. The summed E-state index contributed by atoms with van der Waals surface area (Å²) in [5, 5.41) is 6.13. The molecular formula is C18H21ClN4OS. The number of halogens is 1. The predicted molar refractivity (Wildman–Crippen MR) is 102 cm³/mol. The van der Waals surface area contributed by atoms with Crippen LogP contribution in [0.15, 0.2) is 52.4 Å². The lowest BCUT2D eigenvalue weighted by molar-refractivity contribution is 0.206. The summed E-state index contributed by atoms with van der Waals surface area (Å²) in [6, 6.07) is 14.7. The van der Waals surface area contributed by atoms with Gasteiger partial charge in [-0.15, -0.1) is 23.7 Å². The Labute approximate surface area is 157 Å². The van der Waals surface area contributed by atoms with Crippen molar-refractivity contribution < 1.29 is 4.52 Å². The molecule has 5 nitrogen and oxygen atoms in total. The van der Waals surface area contributed by atoms with Crippen molar-refractivity contribution in [2.45, 2.75) is 24.9 Å². The first-order valence-electron chi connectivity index (χ1n) is 8.14. The lowest BCUT2D eigenvalue weighted by Gasteiger charge is -2.20. The number of hydrogen-bond donors (Lipinski definition) is 1. The van der Waals surface area contributed by atoms with E-state index in [0.717, 1.165) is 18.0 Å². The minimum atomic E-state index is 0. The Hall–Kier alpha value is -1.73. The zero-order chi connectivity index (χ0) is 16.5. The van der Waals surface area contributed by atoms with Gasteiger partial charge in [0.2, 0.25) is 11.7 Å². The number of hydrogen-bond acceptors (Lipinski definition) is 6. The summed E-state index contributed by atoms with van der Waals surface area (Å²) in [5.41, 5.74) is 7.69. The second-order valence-electron chi connectivity index (χ2n) is 6.24. The Kier molecular flexibility index (Phi) is 5.54. The van der Waals surface area contributed by atoms with Crippen LogP contribution < -0.4 is 5.73 Å². The number of nitrogens with two attached hydrogens (primary N) is 1. The SMILES string of the molecule is CC(c1nc(-c2cccs2)no1)N1C[C@@H](N)[C@H](c2ccccc2)C1.Cl. The number of aromatic nitrogens is 2. The van der Waals surface area contributed by atoms with Gasteiger partial charge in [0.05, 0.1) is 10.9 Å². The van der Waals surface area contributed by atoms with Crippen LogP contribution in [0.4, 0.5) is 0 Å². The van der Waals surface area contributed by atoms with E-state index in [1.807, 2.05) is 23.6 Å². The summed E-state index contributed by atoms with van der Waals surface area (Å²) in [6.07, 6.45) is 0. The van der Waals surface area contributed by atoms with Crippen molar-refractivity contribution in [2.75, 3.05) is 13.1 Å². The molecule has 1 aromatic carbocycles. The van der Waals surface area contributed by atoms with Crippen LogP contribution in [0.3, 0.4) is 0 Å². The van der Waals surface area contributed by atoms with Gasteiger partial charge < -0.3 is 10.3 Å². The van der Waals surface area contributed by atoms with E-state index in [2.05, 4.69) is 46.2 Å². The van der Waals surface area contributed by atoms with Crippen molar-refractivity contribution in [3.8, 4) is 10.7 Å². The highest BCUT2D eigenvalue weighted by molar-refractivity contribution is 7.13. The largest absolute Gasteiger partial charge is 0.337 e. The van der Waals surface area contributed by atoms with Crippen molar-refractivity contribution in [3.05, 3.63) is 59.3 Å². The normalized spacial score (nSPS) is 21.8. The van der Waals surface area contributed by atoms with Crippen LogP contribution >= 0.6 is 23.7 Å². The van der Waals surface area contributed by atoms with Crippen molar-refractivity contribution in [1.82, 2.24) is 15.0 Å². The van der Waals surface area contributed by atoms with Crippen LogP contribution in [0.25, 0.3) is 10.7 Å². The zero-order valence-electron chi connectivity index (χ0n) is 13.9. The molecule has 1 aliphatic rings. The Morgan fingerprint density at radius 2 is 2.00 bits per heavy atom. The Morgan fingerprint density at radius 1 is 1.20 bits per heavy atom. The molecule has 0 saturated carbocycles. The number of benzene rings is 1. The molecule has 1 saturated heterocycles. The fourth-order valence-electron chi connectivity index (χ4n) is 3.30. The topological polar surface area (TPSA) is 68.2 Å². The van der Waals surface area contributed by atoms with E-state index in [4.69, 9.17) is 10.3 Å². The van der Waals surface area contributed by atoms with E-state index >= 15 is 0 Å². The average Bonchev–Trinajstić information content (AvgIpc) is 3.35. The molecule has 0 aliphatic carbocycles. The van der Waals surface area contributed by atoms with Gasteiger partial charge in [-0.25, -0.2) is 0 Å². The lowest BCUT2D eigenvalue weighted by atomic mass is 9.95. The highest BCUT2D eigenvalue weighted by atomic mass is 35.5. The minimum absolute atomic E-state index is 0. The Bertz CT molecular complexity index is 793. The molecule has 1 fully saturated rings. The standard InChI is InChI=1S/C18H20N4OS.ClH/c1-12(18-20-17(21-23-18)16-8-5-9-24-16)22-10-14(15(19)11-22)13-6-3-2-4-7-13;/h2-9,12,14-15H,10-11,19H2,1H3;1H/t12?,14-,15+;/m0./s1. The maximum absolute atomic E-state index is 6.39. The average molecular weight is 377 g/mol. The molecule has 4 rings (SSSR count). The molecule has 0 amide bonds. The first-order valence-corrected chi connectivity index (χ1v) is 9.02. The summed E-state index contributed by atoms with van der Waals surface area (Å²) < 4.78 is 5.50. The second-order valence-corrected chi connectivity index (χ2v) is 7.19. The van der Waals surface area contributed by atoms with Gasteiger partial charge >= 0.3 is 0 Å². The van der Waals surface area contributed by atoms with Crippen molar-refractivity contribution in [2.24, 2.45) is 5.73 Å². The quantitative estimate of drug-likeness (QED) is 0.751. The number of rotatable bonds is 4. The van der Waals surface area contributed by atoms with E-state index in [1.54, 1.807) is 11.3 Å². The van der Waals surface area contributed by atoms with Crippen LogP contribution in [0.5, 0.6) is 0 Å². The van der Waals surface area contributed by atoms with Crippen LogP contribution in [0.2, 0.25) is 0 Å². The van der Waals surface area contributed by atoms with E-state index in [0.29, 0.717) is 17.6 Å². The number of nitrogens with zero attached hydrogens (tertiary/aromatic N) is 3. The molecule has 0 bridgehead atoms. The van der Waals surface area contributed by atoms with Gasteiger partial charge in [0.1, 0.15) is 0 Å². The summed E-state index contributed by atoms with van der Waals surface area (Å²) in [6.45, 7) is 3.84. The van der Waals surface area contributed by atoms with Gasteiger partial charge in [-0.2, -0.15) is 4.98 Å². The van der Waals surface area contributed by atoms with Crippen LogP contribution in [-0.4, -0.2) is 34.2 Å². The first kappa shape index (κ1) is 18.1. The summed E-state index contributed by atoms with van der Waals surface area (Å²) >= 11 is 1.61. The van der Waals surface area contributed by atoms with E-state index in [1.165, 1.54) is 5.56 Å². The number of thiophene rings is 1. The maximum atomic E-state index is 6.39. The monoisotopic (exact) mass is 376 g/mol. The molecule has 7 heteroatoms. The van der Waals surface area contributed by atoms with Crippen LogP contribution in [0, 0.1) is 0 Å². The molecule has 3 heterocycles. The van der Waals surface area contributed by atoms with Gasteiger partial charge in [-0.05, 0) is 23.9 Å². The molecule has 0 spiro atoms. The lowest BCUT2D eigenvalue weighted by Crippen LogP contribution is -2.30. The van der Waals surface area contributed by atoms with Crippen LogP contribution in [0.1, 0.15) is 30.3 Å². The third-order valence-electron chi connectivity index (χ3n) is 4.71.